The topological polar surface area (TPSA) is 319 Å². The van der Waals surface area contributed by atoms with E-state index in [4.69, 9.17) is 52.7 Å². The lowest BCUT2D eigenvalue weighted by Gasteiger charge is -2.45. The van der Waals surface area contributed by atoms with Crippen LogP contribution in [0.2, 0.25) is 0 Å². The van der Waals surface area contributed by atoms with E-state index in [9.17, 15) is 49.2 Å². The summed E-state index contributed by atoms with van der Waals surface area (Å²) in [6.07, 6.45) is 2.13. The highest BCUT2D eigenvalue weighted by atomic mass is 17.3. The Morgan fingerprint density at radius 1 is 0.500 bits per heavy atom. The number of aliphatic hydroxyl groups excluding tert-OH is 4. The summed E-state index contributed by atoms with van der Waals surface area (Å²) in [6, 6.07) is 0. The first-order valence-electron chi connectivity index (χ1n) is 30.0. The Bertz CT molecular complexity index is 1800. The van der Waals surface area contributed by atoms with Crippen LogP contribution in [0.5, 0.6) is 0 Å². The van der Waals surface area contributed by atoms with Gasteiger partial charge in [0.2, 0.25) is 5.91 Å². The van der Waals surface area contributed by atoms with E-state index in [0.717, 1.165) is 137 Å². The molecule has 0 aliphatic carbocycles. The van der Waals surface area contributed by atoms with Gasteiger partial charge in [0.1, 0.15) is 48.5 Å². The number of ether oxygens (including phenoxy) is 7. The van der Waals surface area contributed by atoms with E-state index in [1.807, 2.05) is 0 Å². The first kappa shape index (κ1) is 72.7. The average Bonchev–Trinajstić information content (AvgIpc) is 3.52. The van der Waals surface area contributed by atoms with Crippen molar-refractivity contribution in [3.05, 3.63) is 0 Å². The molecule has 0 aromatic heterocycles. The smallest absolute Gasteiger partial charge is 0.339 e. The second kappa shape index (κ2) is 42.3. The number of Topliss-reactive ketones (excluding diaryl/α,β-unsaturated/α-hetero) is 1. The minimum absolute atomic E-state index is 0.159. The number of hydrogen-bond acceptors (Lipinski definition) is 24. The van der Waals surface area contributed by atoms with Gasteiger partial charge in [-0.05, 0) is 72.0 Å². The maximum absolute atomic E-state index is 12.6. The molecule has 25 heteroatoms. The van der Waals surface area contributed by atoms with Crippen LogP contribution in [-0.4, -0.2) is 194 Å². The Morgan fingerprint density at radius 2 is 1.01 bits per heavy atom. The van der Waals surface area contributed by atoms with E-state index in [2.05, 4.69) is 41.0 Å². The van der Waals surface area contributed by atoms with Gasteiger partial charge < -0.3 is 63.8 Å². The van der Waals surface area contributed by atoms with Gasteiger partial charge in [0.15, 0.2) is 37.2 Å². The molecule has 5 N–H and O–H groups in total. The molecule has 0 saturated carbocycles. The number of carbonyl (C=O) groups excluding carboxylic acids is 6. The van der Waals surface area contributed by atoms with Crippen molar-refractivity contribution in [3.63, 3.8) is 0 Å². The summed E-state index contributed by atoms with van der Waals surface area (Å²) < 4.78 is 41.3. The van der Waals surface area contributed by atoms with E-state index in [-0.39, 0.29) is 12.5 Å². The number of hydrogen-bond donors (Lipinski definition) is 5. The minimum Gasteiger partial charge on any atom is -0.460 e. The molecule has 1 amide bonds. The molecule has 3 aliphatic rings. The number of nitrogens with one attached hydrogen (secondary N) is 1. The molecule has 476 valence electrons. The lowest BCUT2D eigenvalue weighted by molar-refractivity contribution is -0.448. The summed E-state index contributed by atoms with van der Waals surface area (Å²) in [4.78, 5) is 104. The van der Waals surface area contributed by atoms with Crippen LogP contribution in [0.15, 0.2) is 0 Å². The predicted molar refractivity (Wildman–Crippen MR) is 291 cm³/mol. The van der Waals surface area contributed by atoms with Gasteiger partial charge in [0, 0.05) is 53.5 Å². The molecule has 0 aromatic rings. The number of esters is 1. The van der Waals surface area contributed by atoms with E-state index >= 15 is 0 Å². The normalized spacial score (nSPS) is 26.4. The SMILES string of the molecule is CCCCCC[C@@H](O[C@@H]1OC[C@H](O[C@@H]2OC[C@H](O)[C@H](O[C@@H]3OC[C@H](OOC(C)=O)[C@H](OOC(C)=O)[C@H]3OOC(C)=O)[C@H]2O)[C@H](O)[C@H]1O)[C@H](CCCCCCCC(=O)CCCCCCCCCCCC(=O)NCCCCN(C)C)OC(C)=O. The fourth-order valence-electron chi connectivity index (χ4n) is 9.79. The monoisotopic (exact) mass is 1180 g/mol. The maximum Gasteiger partial charge on any atom is 0.339 e. The van der Waals surface area contributed by atoms with Crippen LogP contribution in [0, 0.1) is 0 Å². The molecule has 82 heavy (non-hydrogen) atoms. The highest BCUT2D eigenvalue weighted by Crippen LogP contribution is 2.32. The van der Waals surface area contributed by atoms with Crippen LogP contribution in [0.4, 0.5) is 0 Å². The van der Waals surface area contributed by atoms with Gasteiger partial charge in [0.05, 0.1) is 25.9 Å². The van der Waals surface area contributed by atoms with Crippen LogP contribution in [-0.2, 0) is 91.3 Å². The van der Waals surface area contributed by atoms with Crippen LogP contribution in [0.3, 0.4) is 0 Å². The van der Waals surface area contributed by atoms with Crippen LogP contribution < -0.4 is 5.32 Å². The number of rotatable bonds is 44. The summed E-state index contributed by atoms with van der Waals surface area (Å²) in [6.45, 7) is 6.96. The first-order chi connectivity index (χ1) is 39.3. The third-order valence-electron chi connectivity index (χ3n) is 14.2. The highest BCUT2D eigenvalue weighted by molar-refractivity contribution is 5.78. The van der Waals surface area contributed by atoms with Gasteiger partial charge in [-0.25, -0.2) is 14.4 Å². The first-order valence-corrected chi connectivity index (χ1v) is 30.0. The van der Waals surface area contributed by atoms with Crippen molar-refractivity contribution >= 4 is 35.6 Å². The highest BCUT2D eigenvalue weighted by Gasteiger charge is 2.52. The summed E-state index contributed by atoms with van der Waals surface area (Å²) in [5.74, 6) is -2.74. The molecule has 0 radical (unpaired) electrons. The standard InChI is InChI=1S/C57H100N2O23/c1-8-9-10-23-31-45(44(73-38(2)60)30-24-19-16-18-22-29-42(64)28-21-17-14-12-11-13-15-20-25-32-48(66)58-33-26-27-34-59(6)7)74-55-50(68)49(67)46(36-71-55)75-56-51(69)52(43(65)35-70-56)76-57-54(82-79-41(5)63)53(81-78-40(4)62)47(37-72-57)80-77-39(3)61/h43-47,49-57,65,67-69H,8-37H2,1-7H3,(H,58,66)/t43-,44-,45+,46-,47-,49-,50+,51+,52-,53-,54+,55-,56-,57-/m0/s1. The van der Waals surface area contributed by atoms with Crippen molar-refractivity contribution in [2.75, 3.05) is 47.0 Å². The van der Waals surface area contributed by atoms with Crippen molar-refractivity contribution in [1.29, 1.82) is 0 Å². The Kier molecular flexibility index (Phi) is 37.5. The van der Waals surface area contributed by atoms with Crippen molar-refractivity contribution in [2.24, 2.45) is 0 Å². The molecule has 0 aromatic carbocycles. The molecular formula is C57H100N2O23. The van der Waals surface area contributed by atoms with Crippen molar-refractivity contribution in [3.8, 4) is 0 Å². The summed E-state index contributed by atoms with van der Waals surface area (Å²) >= 11 is 0. The number of carbonyl (C=O) groups is 6. The lowest BCUT2D eigenvalue weighted by atomic mass is 9.98. The Hall–Kier alpha value is -3.54. The van der Waals surface area contributed by atoms with Gasteiger partial charge in [-0.1, -0.05) is 96.8 Å². The number of amides is 1. The summed E-state index contributed by atoms with van der Waals surface area (Å²) in [5.41, 5.74) is 0. The Balaban J connectivity index is 1.44. The van der Waals surface area contributed by atoms with Crippen LogP contribution in [0.25, 0.3) is 0 Å². The molecule has 3 heterocycles. The molecule has 3 rings (SSSR count). The second-order valence-corrected chi connectivity index (χ2v) is 22.0. The van der Waals surface area contributed by atoms with E-state index < -0.39 is 123 Å². The second-order valence-electron chi connectivity index (χ2n) is 22.0. The zero-order chi connectivity index (χ0) is 60.2. The average molecular weight is 1180 g/mol. The molecular weight excluding hydrogens is 1080 g/mol. The zero-order valence-corrected chi connectivity index (χ0v) is 49.8. The van der Waals surface area contributed by atoms with Gasteiger partial charge in [0.25, 0.3) is 0 Å². The third kappa shape index (κ3) is 30.0. The molecule has 3 saturated heterocycles. The fourth-order valence-corrected chi connectivity index (χ4v) is 9.79. The zero-order valence-electron chi connectivity index (χ0n) is 49.8. The number of ketones is 1. The van der Waals surface area contributed by atoms with Gasteiger partial charge in [-0.15, -0.1) is 0 Å². The molecule has 0 spiro atoms. The van der Waals surface area contributed by atoms with Crippen LogP contribution in [0.1, 0.15) is 195 Å². The molecule has 0 unspecified atom stereocenters. The number of nitrogens with zero attached hydrogens (tertiary/aromatic N) is 1. The van der Waals surface area contributed by atoms with Gasteiger partial charge in [-0.3, -0.25) is 29.0 Å². The Morgan fingerprint density at radius 3 is 1.60 bits per heavy atom. The summed E-state index contributed by atoms with van der Waals surface area (Å²) in [5, 5.41) is 48.3. The van der Waals surface area contributed by atoms with Gasteiger partial charge >= 0.3 is 23.9 Å². The van der Waals surface area contributed by atoms with Crippen molar-refractivity contribution in [2.45, 2.75) is 281 Å². The molecule has 14 atom stereocenters. The molecule has 3 fully saturated rings. The van der Waals surface area contributed by atoms with E-state index in [1.54, 1.807) is 0 Å². The predicted octanol–water partition coefficient (Wildman–Crippen LogP) is 5.20. The van der Waals surface area contributed by atoms with E-state index in [1.165, 1.54) is 26.2 Å². The lowest BCUT2D eigenvalue weighted by Crippen LogP contribution is -2.63. The van der Waals surface area contributed by atoms with Gasteiger partial charge in [-0.2, -0.15) is 14.7 Å². The molecule has 25 nitrogen and oxygen atoms in total. The van der Waals surface area contributed by atoms with E-state index in [0.29, 0.717) is 44.3 Å². The van der Waals surface area contributed by atoms with Crippen LogP contribution >= 0.6 is 0 Å². The minimum atomic E-state index is -1.83. The quantitative estimate of drug-likeness (QED) is 0.0227. The third-order valence-corrected chi connectivity index (χ3v) is 14.2. The van der Waals surface area contributed by atoms with Crippen molar-refractivity contribution < 1.29 is 112 Å². The number of aliphatic hydroxyl groups is 4. The summed E-state index contributed by atoms with van der Waals surface area (Å²) in [7, 11) is 4.11. The number of unbranched alkanes of at least 4 members (excludes halogenated alkanes) is 16. The molecule has 3 aliphatic heterocycles. The molecule has 0 bridgehead atoms. The van der Waals surface area contributed by atoms with Crippen molar-refractivity contribution in [1.82, 2.24) is 10.2 Å². The fraction of sp³-hybridized carbons (Fsp3) is 0.895. The maximum atomic E-state index is 12.6. The Labute approximate surface area is 484 Å². The largest absolute Gasteiger partial charge is 0.460 e.